The first-order chi connectivity index (χ1) is 7.72. The zero-order valence-electron chi connectivity index (χ0n) is 9.78. The van der Waals surface area contributed by atoms with Gasteiger partial charge in [-0.15, -0.1) is 0 Å². The molecule has 0 aliphatic carbocycles. The highest BCUT2D eigenvalue weighted by Crippen LogP contribution is 2.07. The van der Waals surface area contributed by atoms with Crippen LogP contribution in [0, 0.1) is 0 Å². The van der Waals surface area contributed by atoms with E-state index in [-0.39, 0.29) is 12.5 Å². The summed E-state index contributed by atoms with van der Waals surface area (Å²) in [4.78, 5) is 15.6. The molecule has 1 N–H and O–H groups in total. The molecule has 5 nitrogen and oxygen atoms in total. The van der Waals surface area contributed by atoms with E-state index in [1.807, 2.05) is 13.0 Å². The Balaban J connectivity index is 2.21. The molecule has 0 saturated heterocycles. The maximum atomic E-state index is 11.4. The zero-order chi connectivity index (χ0) is 11.8. The molecule has 16 heavy (non-hydrogen) atoms. The highest BCUT2D eigenvalue weighted by molar-refractivity contribution is 5.85. The van der Waals surface area contributed by atoms with E-state index in [9.17, 15) is 4.79 Å². The van der Waals surface area contributed by atoms with Gasteiger partial charge in [-0.25, -0.2) is 4.99 Å². The molecule has 0 fully saturated rings. The maximum absolute atomic E-state index is 11.4. The number of ether oxygens (including phenoxy) is 2. The summed E-state index contributed by atoms with van der Waals surface area (Å²) in [6.45, 7) is 2.90. The average molecular weight is 226 g/mol. The van der Waals surface area contributed by atoms with Crippen LogP contribution in [0.4, 0.5) is 0 Å². The van der Waals surface area contributed by atoms with Gasteiger partial charge >= 0.3 is 0 Å². The molecule has 0 radical (unpaired) electrons. The third-order valence-corrected chi connectivity index (χ3v) is 2.09. The molecule has 1 aliphatic rings. The molecule has 0 aromatic carbocycles. The number of allylic oxidation sites excluding steroid dienone is 1. The molecule has 0 bridgehead atoms. The second-order valence-electron chi connectivity index (χ2n) is 3.57. The molecule has 5 heteroatoms. The van der Waals surface area contributed by atoms with Gasteiger partial charge in [0, 0.05) is 12.8 Å². The summed E-state index contributed by atoms with van der Waals surface area (Å²) in [5, 5.41) is 2.70. The van der Waals surface area contributed by atoms with Crippen LogP contribution in [-0.2, 0) is 14.3 Å². The van der Waals surface area contributed by atoms with E-state index in [0.717, 1.165) is 18.6 Å². The van der Waals surface area contributed by atoms with Crippen LogP contribution in [0.5, 0.6) is 0 Å². The SMILES string of the molecule is COCCOCC(=O)NC1=CCCC(C)=N1. The minimum Gasteiger partial charge on any atom is -0.382 e. The van der Waals surface area contributed by atoms with Gasteiger partial charge in [-0.05, 0) is 25.8 Å². The number of carbonyl (C=O) groups is 1. The Kier molecular flexibility index (Phi) is 5.74. The summed E-state index contributed by atoms with van der Waals surface area (Å²) >= 11 is 0. The summed E-state index contributed by atoms with van der Waals surface area (Å²) < 4.78 is 9.89. The van der Waals surface area contributed by atoms with Crippen LogP contribution in [0.1, 0.15) is 19.8 Å². The standard InChI is InChI=1S/C11H18N2O3/c1-9-4-3-5-10(12-9)13-11(14)8-16-7-6-15-2/h5H,3-4,6-8H2,1-2H3,(H,13,14). The van der Waals surface area contributed by atoms with Crippen LogP contribution < -0.4 is 5.32 Å². The van der Waals surface area contributed by atoms with E-state index in [1.54, 1.807) is 7.11 Å². The first-order valence-corrected chi connectivity index (χ1v) is 5.33. The monoisotopic (exact) mass is 226 g/mol. The Morgan fingerprint density at radius 1 is 1.56 bits per heavy atom. The molecule has 1 rings (SSSR count). The van der Waals surface area contributed by atoms with Crippen molar-refractivity contribution < 1.29 is 14.3 Å². The molecule has 0 aromatic heterocycles. The molecule has 0 atom stereocenters. The normalized spacial score (nSPS) is 15.4. The minimum atomic E-state index is -0.180. The lowest BCUT2D eigenvalue weighted by molar-refractivity contribution is -0.125. The number of carbonyl (C=O) groups excluding carboxylic acids is 1. The van der Waals surface area contributed by atoms with Gasteiger partial charge in [0.05, 0.1) is 13.2 Å². The van der Waals surface area contributed by atoms with Crippen molar-refractivity contribution in [2.75, 3.05) is 26.9 Å². The summed E-state index contributed by atoms with van der Waals surface area (Å²) in [6, 6.07) is 0. The van der Waals surface area contributed by atoms with Gasteiger partial charge < -0.3 is 14.8 Å². The van der Waals surface area contributed by atoms with Crippen molar-refractivity contribution in [3.63, 3.8) is 0 Å². The number of aliphatic imine (C=N–C) groups is 1. The smallest absolute Gasteiger partial charge is 0.251 e. The second-order valence-corrected chi connectivity index (χ2v) is 3.57. The van der Waals surface area contributed by atoms with Crippen LogP contribution in [0.3, 0.4) is 0 Å². The molecular formula is C11H18N2O3. The van der Waals surface area contributed by atoms with Crippen molar-refractivity contribution in [2.45, 2.75) is 19.8 Å². The average Bonchev–Trinajstić information content (AvgIpc) is 2.24. The third-order valence-electron chi connectivity index (χ3n) is 2.09. The van der Waals surface area contributed by atoms with Gasteiger partial charge in [0.25, 0.3) is 5.91 Å². The van der Waals surface area contributed by atoms with Gasteiger partial charge in [0.2, 0.25) is 0 Å². The van der Waals surface area contributed by atoms with Crippen LogP contribution >= 0.6 is 0 Å². The molecule has 1 heterocycles. The van der Waals surface area contributed by atoms with Crippen molar-refractivity contribution in [1.29, 1.82) is 0 Å². The Hall–Kier alpha value is -1.20. The topological polar surface area (TPSA) is 59.9 Å². The Bertz CT molecular complexity index is 298. The lowest BCUT2D eigenvalue weighted by atomic mass is 10.2. The number of nitrogens with zero attached hydrogens (tertiary/aromatic N) is 1. The fourth-order valence-corrected chi connectivity index (χ4v) is 1.29. The summed E-state index contributed by atoms with van der Waals surface area (Å²) in [5.74, 6) is 0.449. The van der Waals surface area contributed by atoms with Crippen LogP contribution in [0.25, 0.3) is 0 Å². The number of methoxy groups -OCH3 is 1. The highest BCUT2D eigenvalue weighted by Gasteiger charge is 2.07. The third kappa shape index (κ3) is 5.04. The van der Waals surface area contributed by atoms with E-state index >= 15 is 0 Å². The molecule has 0 saturated carbocycles. The first kappa shape index (κ1) is 12.9. The van der Waals surface area contributed by atoms with Gasteiger partial charge in [0.1, 0.15) is 12.4 Å². The van der Waals surface area contributed by atoms with Crippen LogP contribution in [-0.4, -0.2) is 38.5 Å². The second kappa shape index (κ2) is 7.14. The predicted molar refractivity (Wildman–Crippen MR) is 61.3 cm³/mol. The van der Waals surface area contributed by atoms with Gasteiger partial charge in [-0.3, -0.25) is 4.79 Å². The fraction of sp³-hybridized carbons (Fsp3) is 0.636. The largest absolute Gasteiger partial charge is 0.382 e. The van der Waals surface area contributed by atoms with Crippen molar-refractivity contribution in [3.05, 3.63) is 11.9 Å². The molecular weight excluding hydrogens is 208 g/mol. The van der Waals surface area contributed by atoms with Crippen molar-refractivity contribution in [3.8, 4) is 0 Å². The van der Waals surface area contributed by atoms with E-state index in [1.165, 1.54) is 0 Å². The van der Waals surface area contributed by atoms with E-state index in [4.69, 9.17) is 9.47 Å². The molecule has 0 spiro atoms. The van der Waals surface area contributed by atoms with E-state index in [0.29, 0.717) is 19.0 Å². The van der Waals surface area contributed by atoms with Crippen molar-refractivity contribution in [1.82, 2.24) is 5.32 Å². The zero-order valence-corrected chi connectivity index (χ0v) is 9.78. The van der Waals surface area contributed by atoms with Crippen molar-refractivity contribution >= 4 is 11.6 Å². The lowest BCUT2D eigenvalue weighted by Gasteiger charge is -2.11. The highest BCUT2D eigenvalue weighted by atomic mass is 16.5. The predicted octanol–water partition coefficient (Wildman–Crippen LogP) is 0.862. The van der Waals surface area contributed by atoms with E-state index in [2.05, 4.69) is 10.3 Å². The van der Waals surface area contributed by atoms with Gasteiger partial charge in [-0.2, -0.15) is 0 Å². The Labute approximate surface area is 95.5 Å². The van der Waals surface area contributed by atoms with Crippen molar-refractivity contribution in [2.24, 2.45) is 4.99 Å². The molecule has 1 amide bonds. The number of hydrogen-bond donors (Lipinski definition) is 1. The molecule has 0 unspecified atom stereocenters. The quantitative estimate of drug-likeness (QED) is 0.683. The molecule has 0 aromatic rings. The molecule has 1 aliphatic heterocycles. The maximum Gasteiger partial charge on any atom is 0.251 e. The van der Waals surface area contributed by atoms with E-state index < -0.39 is 0 Å². The lowest BCUT2D eigenvalue weighted by Crippen LogP contribution is -2.28. The van der Waals surface area contributed by atoms with Crippen LogP contribution in [0.15, 0.2) is 16.9 Å². The number of hydrogen-bond acceptors (Lipinski definition) is 4. The number of nitrogens with one attached hydrogen (secondary N) is 1. The van der Waals surface area contributed by atoms with Crippen LogP contribution in [0.2, 0.25) is 0 Å². The van der Waals surface area contributed by atoms with Gasteiger partial charge in [0.15, 0.2) is 0 Å². The Morgan fingerprint density at radius 3 is 3.06 bits per heavy atom. The number of amides is 1. The number of rotatable bonds is 6. The molecule has 90 valence electrons. The summed E-state index contributed by atoms with van der Waals surface area (Å²) in [6.07, 6.45) is 3.80. The Morgan fingerprint density at radius 2 is 2.38 bits per heavy atom. The summed E-state index contributed by atoms with van der Waals surface area (Å²) in [7, 11) is 1.59. The minimum absolute atomic E-state index is 0.0370. The van der Waals surface area contributed by atoms with Gasteiger partial charge in [-0.1, -0.05) is 0 Å². The fourth-order valence-electron chi connectivity index (χ4n) is 1.29. The summed E-state index contributed by atoms with van der Waals surface area (Å²) in [5.41, 5.74) is 1.04. The first-order valence-electron chi connectivity index (χ1n) is 5.33.